The van der Waals surface area contributed by atoms with Crippen molar-refractivity contribution in [1.29, 1.82) is 0 Å². The number of nitrogens with one attached hydrogen (secondary N) is 2. The lowest BCUT2D eigenvalue weighted by Crippen LogP contribution is -2.21. The molecule has 0 saturated heterocycles. The lowest BCUT2D eigenvalue weighted by Gasteiger charge is -2.14. The van der Waals surface area contributed by atoms with Crippen LogP contribution < -0.4 is 15.4 Å². The fourth-order valence-electron chi connectivity index (χ4n) is 2.97. The summed E-state index contributed by atoms with van der Waals surface area (Å²) in [5.74, 6) is 3.82. The van der Waals surface area contributed by atoms with Gasteiger partial charge in [-0.25, -0.2) is 4.98 Å². The summed E-state index contributed by atoms with van der Waals surface area (Å²) in [6.45, 7) is -0.242. The van der Waals surface area contributed by atoms with E-state index in [1.54, 1.807) is 12.1 Å². The van der Waals surface area contributed by atoms with Crippen molar-refractivity contribution in [3.8, 4) is 17.6 Å². The van der Waals surface area contributed by atoms with Gasteiger partial charge in [-0.3, -0.25) is 4.79 Å². The van der Waals surface area contributed by atoms with Gasteiger partial charge in [0.1, 0.15) is 5.69 Å². The van der Waals surface area contributed by atoms with Crippen molar-refractivity contribution in [1.82, 2.24) is 14.7 Å². The minimum atomic E-state index is -5.01. The molecule has 2 heterocycles. The molecular weight excluding hydrogens is 534 g/mol. The number of hydrogen-bond donors (Lipinski definition) is 2. The second-order valence-electron chi connectivity index (χ2n) is 6.74. The van der Waals surface area contributed by atoms with Crippen molar-refractivity contribution in [2.45, 2.75) is 19.0 Å². The van der Waals surface area contributed by atoms with E-state index in [0.29, 0.717) is 4.47 Å². The minimum Gasteiger partial charge on any atom is -0.404 e. The zero-order valence-corrected chi connectivity index (χ0v) is 18.8. The maximum atomic E-state index is 13.1. The molecule has 34 heavy (non-hydrogen) atoms. The maximum Gasteiger partial charge on any atom is 0.573 e. The second kappa shape index (κ2) is 9.84. The van der Waals surface area contributed by atoms with Crippen LogP contribution in [0.1, 0.15) is 21.7 Å². The number of carbonyl (C=O) groups is 1. The number of pyridine rings is 1. The Balaban J connectivity index is 1.87. The van der Waals surface area contributed by atoms with Gasteiger partial charge in [-0.2, -0.15) is 13.2 Å². The number of benzene rings is 1. The SMILES string of the molecule is CNC(=O)c1ccc(NCC#Cc2nc3c(Br)cccn3c2CC(F)(F)F)c(OC(F)(F)F)c1. The molecule has 1 amide bonds. The van der Waals surface area contributed by atoms with E-state index in [4.69, 9.17) is 0 Å². The van der Waals surface area contributed by atoms with Crippen LogP contribution in [0.15, 0.2) is 41.0 Å². The third-order valence-electron chi connectivity index (χ3n) is 4.34. The number of alkyl halides is 6. The molecule has 2 aromatic heterocycles. The molecule has 0 atom stereocenters. The van der Waals surface area contributed by atoms with Gasteiger partial charge in [0.2, 0.25) is 0 Å². The zero-order chi connectivity index (χ0) is 25.1. The summed E-state index contributed by atoms with van der Waals surface area (Å²) in [6, 6.07) is 6.54. The zero-order valence-electron chi connectivity index (χ0n) is 17.2. The summed E-state index contributed by atoms with van der Waals surface area (Å²) in [5.41, 5.74) is -0.234. The van der Waals surface area contributed by atoms with E-state index in [2.05, 4.69) is 48.1 Å². The van der Waals surface area contributed by atoms with Crippen LogP contribution in [-0.2, 0) is 6.42 Å². The molecule has 0 radical (unpaired) electrons. The monoisotopic (exact) mass is 548 g/mol. The first-order valence-electron chi connectivity index (χ1n) is 9.45. The molecule has 1 aromatic carbocycles. The number of nitrogens with zero attached hydrogens (tertiary/aromatic N) is 2. The molecule has 6 nitrogen and oxygen atoms in total. The van der Waals surface area contributed by atoms with Gasteiger partial charge in [-0.05, 0) is 52.2 Å². The highest BCUT2D eigenvalue weighted by Crippen LogP contribution is 2.31. The first-order valence-corrected chi connectivity index (χ1v) is 10.2. The maximum absolute atomic E-state index is 13.1. The average molecular weight is 549 g/mol. The van der Waals surface area contributed by atoms with Crippen molar-refractivity contribution in [2.75, 3.05) is 18.9 Å². The highest BCUT2D eigenvalue weighted by Gasteiger charge is 2.33. The van der Waals surface area contributed by atoms with Crippen molar-refractivity contribution in [2.24, 2.45) is 0 Å². The Bertz CT molecular complexity index is 1270. The number of fused-ring (bicyclic) bond motifs is 1. The number of anilines is 1. The molecule has 13 heteroatoms. The molecule has 0 bridgehead atoms. The van der Waals surface area contributed by atoms with E-state index < -0.39 is 30.6 Å². The van der Waals surface area contributed by atoms with Crippen molar-refractivity contribution >= 4 is 33.2 Å². The topological polar surface area (TPSA) is 67.7 Å². The van der Waals surface area contributed by atoms with Gasteiger partial charge in [-0.1, -0.05) is 5.92 Å². The molecule has 0 aliphatic carbocycles. The van der Waals surface area contributed by atoms with E-state index in [0.717, 1.165) is 6.07 Å². The van der Waals surface area contributed by atoms with E-state index >= 15 is 0 Å². The number of aromatic nitrogens is 2. The van der Waals surface area contributed by atoms with Gasteiger partial charge in [-0.15, -0.1) is 13.2 Å². The third-order valence-corrected chi connectivity index (χ3v) is 4.96. The van der Waals surface area contributed by atoms with Gasteiger partial charge in [0.05, 0.1) is 28.8 Å². The molecule has 0 spiro atoms. The fraction of sp³-hybridized carbons (Fsp3) is 0.238. The number of amides is 1. The normalized spacial score (nSPS) is 11.6. The van der Waals surface area contributed by atoms with Crippen LogP contribution in [-0.4, -0.2) is 41.4 Å². The highest BCUT2D eigenvalue weighted by molar-refractivity contribution is 9.10. The predicted molar refractivity (Wildman–Crippen MR) is 115 cm³/mol. The molecule has 0 unspecified atom stereocenters. The van der Waals surface area contributed by atoms with Gasteiger partial charge in [0, 0.05) is 18.8 Å². The summed E-state index contributed by atoms with van der Waals surface area (Å²) in [5, 5.41) is 4.89. The average Bonchev–Trinajstić information content (AvgIpc) is 3.07. The first kappa shape index (κ1) is 25.2. The van der Waals surface area contributed by atoms with Crippen LogP contribution in [0, 0.1) is 11.8 Å². The summed E-state index contributed by atoms with van der Waals surface area (Å²) in [7, 11) is 1.32. The molecule has 0 saturated carbocycles. The molecule has 3 rings (SSSR count). The van der Waals surface area contributed by atoms with Gasteiger partial charge in [0.25, 0.3) is 5.91 Å². The summed E-state index contributed by atoms with van der Waals surface area (Å²) in [6.07, 6.45) is -9.37. The van der Waals surface area contributed by atoms with E-state index in [-0.39, 0.29) is 34.8 Å². The largest absolute Gasteiger partial charge is 0.573 e. The highest BCUT2D eigenvalue weighted by atomic mass is 79.9. The van der Waals surface area contributed by atoms with Crippen LogP contribution in [0.25, 0.3) is 5.65 Å². The van der Waals surface area contributed by atoms with Crippen LogP contribution in [0.4, 0.5) is 32.0 Å². The Kier molecular flexibility index (Phi) is 7.30. The van der Waals surface area contributed by atoms with Crippen LogP contribution in [0.2, 0.25) is 0 Å². The van der Waals surface area contributed by atoms with Gasteiger partial charge < -0.3 is 19.8 Å². The Morgan fingerprint density at radius 2 is 1.94 bits per heavy atom. The molecule has 2 N–H and O–H groups in total. The van der Waals surface area contributed by atoms with Crippen LogP contribution in [0.3, 0.4) is 0 Å². The summed E-state index contributed by atoms with van der Waals surface area (Å²) >= 11 is 3.23. The number of hydrogen-bond acceptors (Lipinski definition) is 4. The Morgan fingerprint density at radius 3 is 2.59 bits per heavy atom. The van der Waals surface area contributed by atoms with Crippen LogP contribution >= 0.6 is 15.9 Å². The lowest BCUT2D eigenvalue weighted by atomic mass is 10.1. The van der Waals surface area contributed by atoms with Gasteiger partial charge >= 0.3 is 12.5 Å². The number of carbonyl (C=O) groups excluding carboxylic acids is 1. The first-order chi connectivity index (χ1) is 15.9. The smallest absolute Gasteiger partial charge is 0.404 e. The number of ether oxygens (including phenoxy) is 1. The Hall–Kier alpha value is -3.40. The predicted octanol–water partition coefficient (Wildman–Crippen LogP) is 4.92. The number of halogens is 7. The molecule has 3 aromatic rings. The molecule has 0 aliphatic rings. The lowest BCUT2D eigenvalue weighted by molar-refractivity contribution is -0.274. The molecule has 0 fully saturated rings. The fourth-order valence-corrected chi connectivity index (χ4v) is 3.40. The van der Waals surface area contributed by atoms with E-state index in [1.807, 2.05) is 0 Å². The molecule has 180 valence electrons. The minimum absolute atomic E-state index is 0.0644. The number of imidazole rings is 1. The van der Waals surface area contributed by atoms with Crippen molar-refractivity contribution < 1.29 is 35.9 Å². The summed E-state index contributed by atoms with van der Waals surface area (Å²) in [4.78, 5) is 15.8. The number of rotatable bonds is 5. The van der Waals surface area contributed by atoms with Crippen LogP contribution in [0.5, 0.6) is 5.75 Å². The Labute approximate surface area is 197 Å². The summed E-state index contributed by atoms with van der Waals surface area (Å²) < 4.78 is 83.3. The quantitative estimate of drug-likeness (QED) is 0.350. The Morgan fingerprint density at radius 1 is 1.21 bits per heavy atom. The molecular formula is C21H15BrF6N4O2. The van der Waals surface area contributed by atoms with E-state index in [1.165, 1.54) is 29.8 Å². The third kappa shape index (κ3) is 6.34. The standard InChI is InChI=1S/C21H15BrF6N4O2/c1-29-19(33)12-6-7-15(17(10-12)34-21(26,27)28)30-8-2-5-14-16(11-20(23,24)25)32-9-3-4-13(22)18(32)31-14/h3-4,6-7,9-10,30H,8,11H2,1H3,(H,29,33). The van der Waals surface area contributed by atoms with Gasteiger partial charge in [0.15, 0.2) is 11.4 Å². The van der Waals surface area contributed by atoms with Crippen molar-refractivity contribution in [3.63, 3.8) is 0 Å². The van der Waals surface area contributed by atoms with E-state index in [9.17, 15) is 31.1 Å². The second-order valence-corrected chi connectivity index (χ2v) is 7.60. The van der Waals surface area contributed by atoms with Crippen molar-refractivity contribution in [3.05, 3.63) is 58.0 Å². The molecule has 0 aliphatic heterocycles.